The van der Waals surface area contributed by atoms with Crippen molar-refractivity contribution in [2.75, 3.05) is 7.11 Å². The van der Waals surface area contributed by atoms with Gasteiger partial charge in [0.1, 0.15) is 12.1 Å². The van der Waals surface area contributed by atoms with Crippen LogP contribution in [0.4, 0.5) is 13.2 Å². The molecule has 1 heterocycles. The first kappa shape index (κ1) is 18.2. The highest BCUT2D eigenvalue weighted by molar-refractivity contribution is 5.76. The van der Waals surface area contributed by atoms with Crippen LogP contribution >= 0.6 is 0 Å². The van der Waals surface area contributed by atoms with Crippen molar-refractivity contribution in [1.82, 2.24) is 5.32 Å². The first-order chi connectivity index (χ1) is 8.95. The van der Waals surface area contributed by atoms with Crippen molar-refractivity contribution in [3.8, 4) is 6.07 Å². The van der Waals surface area contributed by atoms with E-state index < -0.39 is 12.1 Å². The fourth-order valence-electron chi connectivity index (χ4n) is 1.64. The number of carbonyl (C=O) groups is 2. The van der Waals surface area contributed by atoms with Crippen molar-refractivity contribution in [3.05, 3.63) is 0 Å². The van der Waals surface area contributed by atoms with E-state index in [1.165, 1.54) is 7.11 Å². The number of carboxylic acid groups (broad SMARTS) is 1. The number of carbonyl (C=O) groups excluding carboxylic acids is 1. The Balaban J connectivity index is 0.000000441. The number of rotatable bonds is 1. The van der Waals surface area contributed by atoms with E-state index in [4.69, 9.17) is 15.2 Å². The van der Waals surface area contributed by atoms with Gasteiger partial charge in [-0.15, -0.1) is 0 Å². The quantitative estimate of drug-likeness (QED) is 0.702. The lowest BCUT2D eigenvalue weighted by atomic mass is 9.84. The number of halogens is 3. The number of alkyl halides is 3. The highest BCUT2D eigenvalue weighted by atomic mass is 19.4. The Hall–Kier alpha value is -1.82. The van der Waals surface area contributed by atoms with E-state index in [-0.39, 0.29) is 23.5 Å². The van der Waals surface area contributed by atoms with Crippen LogP contribution in [0, 0.1) is 16.7 Å². The van der Waals surface area contributed by atoms with E-state index in [0.717, 1.165) is 0 Å². The number of carboxylic acids is 1. The van der Waals surface area contributed by atoms with Gasteiger partial charge in [-0.25, -0.2) is 4.79 Å². The van der Waals surface area contributed by atoms with Crippen LogP contribution in [0.15, 0.2) is 0 Å². The van der Waals surface area contributed by atoms with Crippen molar-refractivity contribution in [3.63, 3.8) is 0 Å². The number of hydrogen-bond donors (Lipinski definition) is 2. The van der Waals surface area contributed by atoms with Crippen LogP contribution in [0.3, 0.4) is 0 Å². The van der Waals surface area contributed by atoms with Gasteiger partial charge in [-0.1, -0.05) is 13.8 Å². The van der Waals surface area contributed by atoms with Crippen LogP contribution in [0.1, 0.15) is 20.3 Å². The fourth-order valence-corrected chi connectivity index (χ4v) is 1.64. The summed E-state index contributed by atoms with van der Waals surface area (Å²) in [6, 6.07) is 1.55. The van der Waals surface area contributed by atoms with E-state index in [1.807, 2.05) is 13.8 Å². The molecule has 1 fully saturated rings. The third-order valence-corrected chi connectivity index (χ3v) is 2.74. The van der Waals surface area contributed by atoms with Crippen molar-refractivity contribution >= 4 is 11.9 Å². The minimum Gasteiger partial charge on any atom is -0.475 e. The second-order valence-electron chi connectivity index (χ2n) is 4.80. The van der Waals surface area contributed by atoms with Gasteiger partial charge in [0.2, 0.25) is 0 Å². The molecule has 0 bridgehead atoms. The van der Waals surface area contributed by atoms with Gasteiger partial charge in [0, 0.05) is 0 Å². The topological polar surface area (TPSA) is 99.4 Å². The third-order valence-electron chi connectivity index (χ3n) is 2.74. The molecule has 0 aromatic carbocycles. The third kappa shape index (κ3) is 5.05. The Morgan fingerprint density at radius 2 is 1.90 bits per heavy atom. The Morgan fingerprint density at radius 1 is 1.45 bits per heavy atom. The molecule has 9 heteroatoms. The van der Waals surface area contributed by atoms with Crippen LogP contribution in [0.25, 0.3) is 0 Å². The van der Waals surface area contributed by atoms with Crippen molar-refractivity contribution in [1.29, 1.82) is 5.26 Å². The predicted molar refractivity (Wildman–Crippen MR) is 60.4 cm³/mol. The summed E-state index contributed by atoms with van der Waals surface area (Å²) in [6.45, 7) is 3.94. The number of esters is 1. The van der Waals surface area contributed by atoms with Crippen LogP contribution in [-0.4, -0.2) is 42.4 Å². The van der Waals surface area contributed by atoms with E-state index in [1.54, 1.807) is 0 Å². The number of ether oxygens (including phenoxy) is 1. The summed E-state index contributed by atoms with van der Waals surface area (Å²) >= 11 is 0. The first-order valence-corrected chi connectivity index (χ1v) is 5.49. The van der Waals surface area contributed by atoms with Crippen molar-refractivity contribution in [2.45, 2.75) is 38.5 Å². The lowest BCUT2D eigenvalue weighted by Gasteiger charge is -2.19. The van der Waals surface area contributed by atoms with Gasteiger partial charge in [0.15, 0.2) is 0 Å². The Bertz CT molecular complexity index is 415. The average molecular weight is 296 g/mol. The van der Waals surface area contributed by atoms with Gasteiger partial charge >= 0.3 is 18.1 Å². The van der Waals surface area contributed by atoms with Crippen LogP contribution in [-0.2, 0) is 14.3 Å². The summed E-state index contributed by atoms with van der Waals surface area (Å²) in [5, 5.41) is 18.9. The molecule has 6 nitrogen and oxygen atoms in total. The molecular formula is C11H15F3N2O4. The van der Waals surface area contributed by atoms with E-state index >= 15 is 0 Å². The molecule has 0 amide bonds. The van der Waals surface area contributed by atoms with E-state index in [0.29, 0.717) is 6.42 Å². The molecule has 0 aromatic rings. The maximum Gasteiger partial charge on any atom is 0.490 e. The maximum absolute atomic E-state index is 11.2. The van der Waals surface area contributed by atoms with Crippen LogP contribution < -0.4 is 5.32 Å². The lowest BCUT2D eigenvalue weighted by Crippen LogP contribution is -2.37. The standard InChI is InChI=1S/C9H14N2O2.C2HF3O2/c1-9(2)4-6(8(12)13-3)11-7(9)5-10;3-2(4,5)1(6)7/h6-7,11H,4H2,1-3H3;(H,6,7)/t6-,7?;/m0./s1. The summed E-state index contributed by atoms with van der Waals surface area (Å²) < 4.78 is 36.3. The molecule has 2 N–H and O–H groups in total. The highest BCUT2D eigenvalue weighted by Crippen LogP contribution is 2.33. The molecule has 1 aliphatic heterocycles. The smallest absolute Gasteiger partial charge is 0.475 e. The number of nitriles is 1. The monoisotopic (exact) mass is 296 g/mol. The Morgan fingerprint density at radius 3 is 2.15 bits per heavy atom. The summed E-state index contributed by atoms with van der Waals surface area (Å²) in [7, 11) is 1.36. The van der Waals surface area contributed by atoms with Crippen LogP contribution in [0.2, 0.25) is 0 Å². The maximum atomic E-state index is 11.2. The Labute approximate surface area is 113 Å². The van der Waals surface area contributed by atoms with Gasteiger partial charge in [0.05, 0.1) is 13.2 Å². The van der Waals surface area contributed by atoms with Crippen LogP contribution in [0.5, 0.6) is 0 Å². The zero-order chi connectivity index (χ0) is 16.1. The summed E-state index contributed by atoms with van der Waals surface area (Å²) in [5.41, 5.74) is -0.159. The molecule has 20 heavy (non-hydrogen) atoms. The second kappa shape index (κ2) is 6.56. The first-order valence-electron chi connectivity index (χ1n) is 5.49. The number of methoxy groups -OCH3 is 1. The van der Waals surface area contributed by atoms with Gasteiger partial charge in [-0.2, -0.15) is 18.4 Å². The van der Waals surface area contributed by atoms with Crippen molar-refractivity contribution < 1.29 is 32.6 Å². The van der Waals surface area contributed by atoms with Gasteiger partial charge < -0.3 is 9.84 Å². The van der Waals surface area contributed by atoms with E-state index in [2.05, 4.69) is 16.1 Å². The van der Waals surface area contributed by atoms with Crippen molar-refractivity contribution in [2.24, 2.45) is 5.41 Å². The number of nitrogens with zero attached hydrogens (tertiary/aromatic N) is 1. The lowest BCUT2D eigenvalue weighted by molar-refractivity contribution is -0.192. The second-order valence-corrected chi connectivity index (χ2v) is 4.80. The molecule has 114 valence electrons. The zero-order valence-electron chi connectivity index (χ0n) is 11.1. The normalized spacial score (nSPS) is 24.1. The Kier molecular flexibility index (Phi) is 5.96. The SMILES string of the molecule is COC(=O)[C@@H]1CC(C)(C)C(C#N)N1.O=C(O)C(F)(F)F. The minimum atomic E-state index is -5.08. The number of hydrogen-bond acceptors (Lipinski definition) is 5. The molecular weight excluding hydrogens is 281 g/mol. The molecule has 0 aromatic heterocycles. The summed E-state index contributed by atoms with van der Waals surface area (Å²) in [6.07, 6.45) is -4.43. The largest absolute Gasteiger partial charge is 0.490 e. The molecule has 2 atom stereocenters. The summed E-state index contributed by atoms with van der Waals surface area (Å²) in [4.78, 5) is 20.1. The predicted octanol–water partition coefficient (Wildman–Crippen LogP) is 1.07. The molecule has 0 radical (unpaired) electrons. The fraction of sp³-hybridized carbons (Fsp3) is 0.727. The molecule has 0 saturated carbocycles. The zero-order valence-corrected chi connectivity index (χ0v) is 11.1. The number of aliphatic carboxylic acids is 1. The van der Waals surface area contributed by atoms with E-state index in [9.17, 15) is 18.0 Å². The molecule has 0 spiro atoms. The summed E-state index contributed by atoms with van der Waals surface area (Å²) in [5.74, 6) is -3.04. The molecule has 1 unspecified atom stereocenters. The molecule has 0 aliphatic carbocycles. The van der Waals surface area contributed by atoms with Gasteiger partial charge in [-0.3, -0.25) is 10.1 Å². The number of nitrogens with one attached hydrogen (secondary N) is 1. The highest BCUT2D eigenvalue weighted by Gasteiger charge is 2.43. The molecule has 1 aliphatic rings. The van der Waals surface area contributed by atoms with Gasteiger partial charge in [-0.05, 0) is 11.8 Å². The average Bonchev–Trinajstić information content (AvgIpc) is 2.62. The minimum absolute atomic E-state index is 0.159. The molecule has 1 rings (SSSR count). The van der Waals surface area contributed by atoms with Gasteiger partial charge in [0.25, 0.3) is 0 Å². The molecule has 1 saturated heterocycles.